The number of aryl methyl sites for hydroxylation is 1. The number of piperidine rings is 1. The Bertz CT molecular complexity index is 525. The van der Waals surface area contributed by atoms with Gasteiger partial charge in [0.2, 0.25) is 5.91 Å². The second-order valence-corrected chi connectivity index (χ2v) is 6.49. The standard InChI is InChI=1S/C19H28N2O2/c1-3-21-12-4-5-16(14-21)13-20-19(23)11-10-18(22)17-8-6-15(2)7-9-17/h6-9,16H,3-5,10-14H2,1-2H3,(H,20,23). The number of hydrogen-bond acceptors (Lipinski definition) is 3. The molecule has 1 aromatic rings. The van der Waals surface area contributed by atoms with Gasteiger partial charge in [-0.2, -0.15) is 0 Å². The third kappa shape index (κ3) is 5.79. The summed E-state index contributed by atoms with van der Waals surface area (Å²) in [4.78, 5) is 26.4. The maximum atomic E-state index is 12.1. The number of likely N-dealkylation sites (tertiary alicyclic amines) is 1. The van der Waals surface area contributed by atoms with Crippen molar-refractivity contribution in [3.8, 4) is 0 Å². The van der Waals surface area contributed by atoms with E-state index in [9.17, 15) is 9.59 Å². The highest BCUT2D eigenvalue weighted by Gasteiger charge is 2.19. The predicted octanol–water partition coefficient (Wildman–Crippen LogP) is 2.81. The molecule has 1 aliphatic heterocycles. The Balaban J connectivity index is 1.68. The van der Waals surface area contributed by atoms with Gasteiger partial charge in [0, 0.05) is 31.5 Å². The van der Waals surface area contributed by atoms with E-state index in [2.05, 4.69) is 17.1 Å². The van der Waals surface area contributed by atoms with Crippen LogP contribution in [0.15, 0.2) is 24.3 Å². The fourth-order valence-corrected chi connectivity index (χ4v) is 3.06. The van der Waals surface area contributed by atoms with E-state index in [1.807, 2.05) is 31.2 Å². The Hall–Kier alpha value is -1.68. The summed E-state index contributed by atoms with van der Waals surface area (Å²) < 4.78 is 0. The van der Waals surface area contributed by atoms with E-state index in [0.29, 0.717) is 11.5 Å². The lowest BCUT2D eigenvalue weighted by atomic mass is 9.98. The molecule has 2 rings (SSSR count). The van der Waals surface area contributed by atoms with Gasteiger partial charge in [-0.1, -0.05) is 36.8 Å². The summed E-state index contributed by atoms with van der Waals surface area (Å²) in [5.74, 6) is 0.564. The molecule has 4 heteroatoms. The van der Waals surface area contributed by atoms with E-state index < -0.39 is 0 Å². The molecule has 1 aromatic carbocycles. The number of carbonyl (C=O) groups excluding carboxylic acids is 2. The quantitative estimate of drug-likeness (QED) is 0.787. The van der Waals surface area contributed by atoms with Crippen molar-refractivity contribution in [2.45, 2.75) is 39.5 Å². The normalized spacial score (nSPS) is 18.6. The van der Waals surface area contributed by atoms with Gasteiger partial charge in [-0.3, -0.25) is 9.59 Å². The summed E-state index contributed by atoms with van der Waals surface area (Å²) in [5.41, 5.74) is 1.82. The van der Waals surface area contributed by atoms with Crippen molar-refractivity contribution in [2.24, 2.45) is 5.92 Å². The molecule has 1 heterocycles. The van der Waals surface area contributed by atoms with Crippen molar-refractivity contribution in [2.75, 3.05) is 26.2 Å². The van der Waals surface area contributed by atoms with E-state index in [1.54, 1.807) is 0 Å². The molecule has 126 valence electrons. The Morgan fingerprint density at radius 1 is 1.22 bits per heavy atom. The Labute approximate surface area is 139 Å². The fraction of sp³-hybridized carbons (Fsp3) is 0.579. The molecule has 1 aliphatic rings. The van der Waals surface area contributed by atoms with Crippen LogP contribution in [0.3, 0.4) is 0 Å². The highest BCUT2D eigenvalue weighted by molar-refractivity contribution is 5.97. The van der Waals surface area contributed by atoms with Crippen LogP contribution in [0.1, 0.15) is 48.5 Å². The topological polar surface area (TPSA) is 49.4 Å². The van der Waals surface area contributed by atoms with E-state index in [0.717, 1.165) is 25.2 Å². The van der Waals surface area contributed by atoms with Crippen LogP contribution in [0.4, 0.5) is 0 Å². The molecule has 0 aliphatic carbocycles. The average molecular weight is 316 g/mol. The first-order valence-electron chi connectivity index (χ1n) is 8.67. The first-order chi connectivity index (χ1) is 11.1. The van der Waals surface area contributed by atoms with E-state index >= 15 is 0 Å². The van der Waals surface area contributed by atoms with E-state index in [-0.39, 0.29) is 24.5 Å². The van der Waals surface area contributed by atoms with Gasteiger partial charge in [-0.05, 0) is 38.8 Å². The Kier molecular flexibility index (Phi) is 6.78. The number of amides is 1. The maximum Gasteiger partial charge on any atom is 0.220 e. The lowest BCUT2D eigenvalue weighted by molar-refractivity contribution is -0.121. The van der Waals surface area contributed by atoms with Gasteiger partial charge in [0.15, 0.2) is 5.78 Å². The average Bonchev–Trinajstić information content (AvgIpc) is 2.58. The third-order valence-electron chi connectivity index (χ3n) is 4.59. The monoisotopic (exact) mass is 316 g/mol. The van der Waals surface area contributed by atoms with E-state index in [1.165, 1.54) is 19.4 Å². The number of nitrogens with one attached hydrogen (secondary N) is 1. The zero-order valence-corrected chi connectivity index (χ0v) is 14.3. The van der Waals surface area contributed by atoms with Crippen molar-refractivity contribution < 1.29 is 9.59 Å². The molecule has 1 amide bonds. The molecule has 1 fully saturated rings. The second-order valence-electron chi connectivity index (χ2n) is 6.49. The molecule has 0 bridgehead atoms. The van der Waals surface area contributed by atoms with Crippen LogP contribution in [-0.4, -0.2) is 42.8 Å². The summed E-state index contributed by atoms with van der Waals surface area (Å²) in [6, 6.07) is 7.51. The van der Waals surface area contributed by atoms with Crippen molar-refractivity contribution in [1.29, 1.82) is 0 Å². The van der Waals surface area contributed by atoms with Crippen LogP contribution in [0.25, 0.3) is 0 Å². The molecular weight excluding hydrogens is 288 g/mol. The van der Waals surface area contributed by atoms with Crippen molar-refractivity contribution >= 4 is 11.7 Å². The number of rotatable bonds is 7. The van der Waals surface area contributed by atoms with Gasteiger partial charge in [0.05, 0.1) is 0 Å². The van der Waals surface area contributed by atoms with Crippen LogP contribution in [-0.2, 0) is 4.79 Å². The first-order valence-corrected chi connectivity index (χ1v) is 8.67. The van der Waals surface area contributed by atoms with Gasteiger partial charge in [0.1, 0.15) is 0 Å². The molecule has 1 atom stereocenters. The molecule has 4 nitrogen and oxygen atoms in total. The predicted molar refractivity (Wildman–Crippen MR) is 92.6 cm³/mol. The van der Waals surface area contributed by atoms with Gasteiger partial charge in [-0.25, -0.2) is 0 Å². The Morgan fingerprint density at radius 3 is 2.65 bits per heavy atom. The minimum Gasteiger partial charge on any atom is -0.356 e. The Morgan fingerprint density at radius 2 is 1.96 bits per heavy atom. The summed E-state index contributed by atoms with van der Waals surface area (Å²) in [5, 5.41) is 3.00. The molecule has 0 radical (unpaired) electrons. The second kappa shape index (κ2) is 8.82. The first kappa shape index (κ1) is 17.7. The van der Waals surface area contributed by atoms with Gasteiger partial charge in [-0.15, -0.1) is 0 Å². The molecule has 1 saturated heterocycles. The van der Waals surface area contributed by atoms with Crippen molar-refractivity contribution in [1.82, 2.24) is 10.2 Å². The minimum absolute atomic E-state index is 0.0147. The number of hydrogen-bond donors (Lipinski definition) is 1. The lowest BCUT2D eigenvalue weighted by Gasteiger charge is -2.31. The molecule has 0 saturated carbocycles. The molecule has 23 heavy (non-hydrogen) atoms. The smallest absolute Gasteiger partial charge is 0.220 e. The molecule has 1 N–H and O–H groups in total. The van der Waals surface area contributed by atoms with Crippen molar-refractivity contribution in [3.05, 3.63) is 35.4 Å². The van der Waals surface area contributed by atoms with Gasteiger partial charge in [0.25, 0.3) is 0 Å². The number of benzene rings is 1. The van der Waals surface area contributed by atoms with E-state index in [4.69, 9.17) is 0 Å². The number of nitrogens with zero attached hydrogens (tertiary/aromatic N) is 1. The van der Waals surface area contributed by atoms with Gasteiger partial charge >= 0.3 is 0 Å². The highest BCUT2D eigenvalue weighted by atomic mass is 16.2. The third-order valence-corrected chi connectivity index (χ3v) is 4.59. The van der Waals surface area contributed by atoms with Crippen molar-refractivity contribution in [3.63, 3.8) is 0 Å². The summed E-state index contributed by atoms with van der Waals surface area (Å²) in [6.07, 6.45) is 2.94. The molecule has 0 aromatic heterocycles. The van der Waals surface area contributed by atoms with Crippen LogP contribution >= 0.6 is 0 Å². The van der Waals surface area contributed by atoms with Crippen LogP contribution < -0.4 is 5.32 Å². The largest absolute Gasteiger partial charge is 0.356 e. The molecular formula is C19H28N2O2. The van der Waals surface area contributed by atoms with Crippen LogP contribution in [0, 0.1) is 12.8 Å². The fourth-order valence-electron chi connectivity index (χ4n) is 3.06. The minimum atomic E-state index is -0.0147. The lowest BCUT2D eigenvalue weighted by Crippen LogP contribution is -2.40. The molecule has 0 spiro atoms. The summed E-state index contributed by atoms with van der Waals surface area (Å²) in [7, 11) is 0. The SMILES string of the molecule is CCN1CCCC(CNC(=O)CCC(=O)c2ccc(C)cc2)C1. The van der Waals surface area contributed by atoms with Gasteiger partial charge < -0.3 is 10.2 Å². The number of carbonyl (C=O) groups is 2. The zero-order valence-electron chi connectivity index (χ0n) is 14.3. The zero-order chi connectivity index (χ0) is 16.7. The maximum absolute atomic E-state index is 12.1. The molecule has 1 unspecified atom stereocenters. The summed E-state index contributed by atoms with van der Waals surface area (Å²) in [6.45, 7) is 8.22. The van der Waals surface area contributed by atoms with Crippen LogP contribution in [0.5, 0.6) is 0 Å². The highest BCUT2D eigenvalue weighted by Crippen LogP contribution is 2.15. The summed E-state index contributed by atoms with van der Waals surface area (Å²) >= 11 is 0. The number of ketones is 1. The van der Waals surface area contributed by atoms with Crippen LogP contribution in [0.2, 0.25) is 0 Å². The number of Topliss-reactive ketones (excluding diaryl/α,β-unsaturated/α-hetero) is 1.